The van der Waals surface area contributed by atoms with Crippen molar-refractivity contribution in [3.63, 3.8) is 0 Å². The Kier molecular flexibility index (Phi) is 2.22. The minimum absolute atomic E-state index is 1.10. The lowest BCUT2D eigenvalue weighted by molar-refractivity contribution is 1.23. The van der Waals surface area contributed by atoms with E-state index in [-0.39, 0.29) is 0 Å². The van der Waals surface area contributed by atoms with Gasteiger partial charge in [-0.05, 0) is 65.6 Å². The minimum Gasteiger partial charge on any atom is -0.144 e. The van der Waals surface area contributed by atoms with Crippen LogP contribution in [0.25, 0.3) is 11.6 Å². The van der Waals surface area contributed by atoms with Crippen LogP contribution in [0.15, 0.2) is 29.6 Å². The van der Waals surface area contributed by atoms with Crippen molar-refractivity contribution in [3.8, 4) is 0 Å². The molecule has 0 nitrogen and oxygen atoms in total. The molecule has 2 aromatic rings. The standard InChI is InChI=1S/C15H14S/c1-10-5-6-11(2)14-9-12(8-13(10)14)15-4-3-7-16-15/h3-8H,9H2,1-2H3. The van der Waals surface area contributed by atoms with Gasteiger partial charge in [-0.15, -0.1) is 11.3 Å². The first kappa shape index (κ1) is 9.86. The van der Waals surface area contributed by atoms with Gasteiger partial charge in [0.2, 0.25) is 0 Å². The largest absolute Gasteiger partial charge is 0.144 e. The molecular formula is C15H14S. The predicted octanol–water partition coefficient (Wildman–Crippen LogP) is 4.46. The molecule has 1 heterocycles. The Bertz CT molecular complexity index is 559. The van der Waals surface area contributed by atoms with Crippen LogP contribution in [0.4, 0.5) is 0 Å². The average molecular weight is 226 g/mol. The molecule has 0 aliphatic heterocycles. The molecule has 0 spiro atoms. The molecule has 0 fully saturated rings. The highest BCUT2D eigenvalue weighted by atomic mass is 32.1. The van der Waals surface area contributed by atoms with E-state index in [1.807, 2.05) is 11.3 Å². The fourth-order valence-electron chi connectivity index (χ4n) is 2.36. The van der Waals surface area contributed by atoms with Gasteiger partial charge in [-0.1, -0.05) is 18.2 Å². The van der Waals surface area contributed by atoms with E-state index in [0.717, 1.165) is 6.42 Å². The number of hydrogen-bond acceptors (Lipinski definition) is 1. The van der Waals surface area contributed by atoms with Crippen molar-refractivity contribution in [3.05, 3.63) is 56.8 Å². The van der Waals surface area contributed by atoms with E-state index < -0.39 is 0 Å². The van der Waals surface area contributed by atoms with Gasteiger partial charge in [0.1, 0.15) is 0 Å². The van der Waals surface area contributed by atoms with Crippen molar-refractivity contribution in [2.24, 2.45) is 0 Å². The van der Waals surface area contributed by atoms with Crippen LogP contribution < -0.4 is 0 Å². The van der Waals surface area contributed by atoms with Crippen LogP contribution in [0.1, 0.15) is 27.1 Å². The Morgan fingerprint density at radius 1 is 1.06 bits per heavy atom. The van der Waals surface area contributed by atoms with Gasteiger partial charge in [-0.2, -0.15) is 0 Å². The van der Waals surface area contributed by atoms with Crippen molar-refractivity contribution in [2.45, 2.75) is 20.3 Å². The Hall–Kier alpha value is -1.34. The number of rotatable bonds is 1. The highest BCUT2D eigenvalue weighted by Crippen LogP contribution is 2.36. The van der Waals surface area contributed by atoms with E-state index in [4.69, 9.17) is 0 Å². The van der Waals surface area contributed by atoms with Crippen LogP contribution in [0.2, 0.25) is 0 Å². The fraction of sp³-hybridized carbons (Fsp3) is 0.200. The zero-order valence-electron chi connectivity index (χ0n) is 9.58. The van der Waals surface area contributed by atoms with Crippen LogP contribution in [-0.2, 0) is 6.42 Å². The third-order valence-corrected chi connectivity index (χ3v) is 4.28. The Morgan fingerprint density at radius 2 is 1.88 bits per heavy atom. The first-order valence-electron chi connectivity index (χ1n) is 5.59. The summed E-state index contributed by atoms with van der Waals surface area (Å²) in [7, 11) is 0. The Balaban J connectivity index is 2.11. The maximum absolute atomic E-state index is 2.36. The predicted molar refractivity (Wildman–Crippen MR) is 71.8 cm³/mol. The van der Waals surface area contributed by atoms with Crippen LogP contribution >= 0.6 is 11.3 Å². The van der Waals surface area contributed by atoms with Crippen LogP contribution in [0.3, 0.4) is 0 Å². The van der Waals surface area contributed by atoms with Crippen LogP contribution in [0, 0.1) is 13.8 Å². The molecule has 0 saturated carbocycles. The van der Waals surface area contributed by atoms with Gasteiger partial charge >= 0.3 is 0 Å². The smallest absolute Gasteiger partial charge is 0.0305 e. The summed E-state index contributed by atoms with van der Waals surface area (Å²) >= 11 is 1.83. The molecule has 0 radical (unpaired) electrons. The number of allylic oxidation sites excluding steroid dienone is 1. The first-order chi connectivity index (χ1) is 7.75. The fourth-order valence-corrected chi connectivity index (χ4v) is 3.10. The zero-order valence-corrected chi connectivity index (χ0v) is 10.4. The summed E-state index contributed by atoms with van der Waals surface area (Å²) in [6, 6.07) is 8.80. The first-order valence-corrected chi connectivity index (χ1v) is 6.47. The SMILES string of the molecule is Cc1ccc(C)c2c1C=C(c1cccs1)C2. The Morgan fingerprint density at radius 3 is 2.56 bits per heavy atom. The van der Waals surface area contributed by atoms with Crippen molar-refractivity contribution >= 4 is 23.0 Å². The van der Waals surface area contributed by atoms with Crippen molar-refractivity contribution in [2.75, 3.05) is 0 Å². The van der Waals surface area contributed by atoms with Gasteiger partial charge in [0.15, 0.2) is 0 Å². The van der Waals surface area contributed by atoms with E-state index in [2.05, 4.69) is 49.6 Å². The molecule has 80 valence electrons. The molecule has 0 bridgehead atoms. The molecule has 1 heteroatoms. The van der Waals surface area contributed by atoms with Crippen molar-refractivity contribution in [1.82, 2.24) is 0 Å². The molecule has 3 rings (SSSR count). The third-order valence-electron chi connectivity index (χ3n) is 3.33. The third kappa shape index (κ3) is 1.43. The van der Waals surface area contributed by atoms with Gasteiger partial charge in [-0.3, -0.25) is 0 Å². The van der Waals surface area contributed by atoms with E-state index in [1.165, 1.54) is 32.7 Å². The summed E-state index contributed by atoms with van der Waals surface area (Å²) < 4.78 is 0. The second kappa shape index (κ2) is 3.60. The molecule has 0 atom stereocenters. The molecule has 1 aliphatic carbocycles. The van der Waals surface area contributed by atoms with Gasteiger partial charge in [0.25, 0.3) is 0 Å². The summed E-state index contributed by atoms with van der Waals surface area (Å²) in [5, 5.41) is 2.15. The number of aryl methyl sites for hydroxylation is 2. The van der Waals surface area contributed by atoms with Gasteiger partial charge in [0, 0.05) is 4.88 Å². The van der Waals surface area contributed by atoms with Crippen LogP contribution in [-0.4, -0.2) is 0 Å². The molecule has 16 heavy (non-hydrogen) atoms. The molecule has 1 aromatic carbocycles. The molecule has 1 aliphatic rings. The van der Waals surface area contributed by atoms with Gasteiger partial charge < -0.3 is 0 Å². The maximum Gasteiger partial charge on any atom is 0.0305 e. The van der Waals surface area contributed by atoms with E-state index in [1.54, 1.807) is 0 Å². The highest BCUT2D eigenvalue weighted by molar-refractivity contribution is 7.11. The molecule has 0 unspecified atom stereocenters. The summed E-state index contributed by atoms with van der Waals surface area (Å²) in [4.78, 5) is 1.41. The van der Waals surface area contributed by atoms with Gasteiger partial charge in [-0.25, -0.2) is 0 Å². The lowest BCUT2D eigenvalue weighted by Gasteiger charge is -2.06. The zero-order chi connectivity index (χ0) is 11.1. The molecule has 1 aromatic heterocycles. The monoisotopic (exact) mass is 226 g/mol. The lowest BCUT2D eigenvalue weighted by Crippen LogP contribution is -1.90. The normalized spacial score (nSPS) is 13.8. The second-order valence-corrected chi connectivity index (χ2v) is 5.36. The number of hydrogen-bond donors (Lipinski definition) is 0. The van der Waals surface area contributed by atoms with E-state index >= 15 is 0 Å². The minimum atomic E-state index is 1.10. The van der Waals surface area contributed by atoms with Crippen molar-refractivity contribution in [1.29, 1.82) is 0 Å². The summed E-state index contributed by atoms with van der Waals surface area (Å²) in [6.45, 7) is 4.41. The summed E-state index contributed by atoms with van der Waals surface area (Å²) in [5.41, 5.74) is 7.25. The average Bonchev–Trinajstić information content (AvgIpc) is 2.90. The summed E-state index contributed by atoms with van der Waals surface area (Å²) in [5.74, 6) is 0. The second-order valence-electron chi connectivity index (χ2n) is 4.42. The van der Waals surface area contributed by atoms with E-state index in [9.17, 15) is 0 Å². The maximum atomic E-state index is 2.36. The highest BCUT2D eigenvalue weighted by Gasteiger charge is 2.17. The lowest BCUT2D eigenvalue weighted by atomic mass is 9.99. The summed E-state index contributed by atoms with van der Waals surface area (Å²) in [6.07, 6.45) is 3.47. The van der Waals surface area contributed by atoms with Gasteiger partial charge in [0.05, 0.1) is 0 Å². The van der Waals surface area contributed by atoms with Crippen molar-refractivity contribution < 1.29 is 0 Å². The topological polar surface area (TPSA) is 0 Å². The number of benzene rings is 1. The Labute approximate surface area is 100 Å². The number of thiophene rings is 1. The molecule has 0 saturated heterocycles. The molecule has 0 amide bonds. The molecule has 0 N–H and O–H groups in total. The molecular weight excluding hydrogens is 212 g/mol. The van der Waals surface area contributed by atoms with E-state index in [0.29, 0.717) is 0 Å². The van der Waals surface area contributed by atoms with Crippen LogP contribution in [0.5, 0.6) is 0 Å². The number of fused-ring (bicyclic) bond motifs is 1. The quantitative estimate of drug-likeness (QED) is 0.673.